The molecule has 3 atom stereocenters. The Hall–Kier alpha value is -2.08. The summed E-state index contributed by atoms with van der Waals surface area (Å²) in [5, 5.41) is 2.47. The van der Waals surface area contributed by atoms with Gasteiger partial charge in [-0.1, -0.05) is 44.2 Å². The second-order valence-corrected chi connectivity index (χ2v) is 7.30. The molecular weight excluding hydrogens is 316 g/mol. The van der Waals surface area contributed by atoms with E-state index in [0.717, 1.165) is 19.6 Å². The Bertz CT molecular complexity index is 580. The highest BCUT2D eigenvalue weighted by Gasteiger charge is 2.37. The molecule has 1 fully saturated rings. The molecule has 0 aliphatic carbocycles. The number of carbonyl (C=O) groups is 2. The van der Waals surface area contributed by atoms with Crippen LogP contribution in [-0.4, -0.2) is 54.0 Å². The van der Waals surface area contributed by atoms with E-state index in [9.17, 15) is 9.59 Å². The minimum Gasteiger partial charge on any atom is -0.352 e. The third kappa shape index (κ3) is 4.95. The normalized spacial score (nSPS) is 23.0. The number of urea groups is 1. The minimum absolute atomic E-state index is 0.0981. The van der Waals surface area contributed by atoms with E-state index in [-0.39, 0.29) is 11.9 Å². The van der Waals surface area contributed by atoms with Gasteiger partial charge in [0.25, 0.3) is 0 Å². The number of rotatable bonds is 5. The lowest BCUT2D eigenvalue weighted by Crippen LogP contribution is -2.58. The summed E-state index contributed by atoms with van der Waals surface area (Å²) in [7, 11) is 1.83. The summed E-state index contributed by atoms with van der Waals surface area (Å²) < 4.78 is 0. The number of piperidine rings is 1. The molecule has 0 radical (unpaired) electrons. The molecule has 0 spiro atoms. The van der Waals surface area contributed by atoms with E-state index in [0.29, 0.717) is 11.8 Å². The number of hydrogen-bond acceptors (Lipinski definition) is 3. The molecule has 1 aromatic rings. The van der Waals surface area contributed by atoms with Crippen LogP contribution in [0.25, 0.3) is 0 Å². The van der Waals surface area contributed by atoms with Gasteiger partial charge in [0.15, 0.2) is 0 Å². The zero-order valence-electron chi connectivity index (χ0n) is 15.6. The van der Waals surface area contributed by atoms with E-state index >= 15 is 0 Å². The van der Waals surface area contributed by atoms with Crippen LogP contribution in [0.2, 0.25) is 0 Å². The molecule has 138 valence electrons. The first-order valence-electron chi connectivity index (χ1n) is 8.88. The second-order valence-electron chi connectivity index (χ2n) is 7.30. The summed E-state index contributed by atoms with van der Waals surface area (Å²) in [5.74, 6) is 0.600. The number of hydrogen-bond donors (Lipinski definition) is 2. The topological polar surface area (TPSA) is 78.7 Å². The number of carbonyl (C=O) groups excluding carboxylic acids is 2. The molecule has 0 bridgehead atoms. The fraction of sp³-hybridized carbons (Fsp3) is 0.579. The zero-order valence-corrected chi connectivity index (χ0v) is 15.6. The van der Waals surface area contributed by atoms with Crippen LogP contribution in [0.5, 0.6) is 0 Å². The van der Waals surface area contributed by atoms with E-state index < -0.39 is 12.1 Å². The molecule has 1 aliphatic heterocycles. The van der Waals surface area contributed by atoms with E-state index in [2.05, 4.69) is 48.3 Å². The summed E-state index contributed by atoms with van der Waals surface area (Å²) >= 11 is 0. The first-order chi connectivity index (χ1) is 11.8. The fourth-order valence-corrected chi connectivity index (χ4v) is 4.13. The third-order valence-electron chi connectivity index (χ3n) is 5.03. The molecule has 1 aliphatic rings. The van der Waals surface area contributed by atoms with Gasteiger partial charge in [0.1, 0.15) is 6.04 Å². The van der Waals surface area contributed by atoms with Crippen molar-refractivity contribution in [3.63, 3.8) is 0 Å². The van der Waals surface area contributed by atoms with Gasteiger partial charge in [-0.25, -0.2) is 4.79 Å². The molecule has 3 N–H and O–H groups in total. The number of nitrogens with zero attached hydrogens (tertiary/aromatic N) is 2. The SMILES string of the molecule is C[C@H](NC(N)=O)C(=O)N(C)C1[C@H](C)CN(Cc2ccccc2)C[C@H]1C. The van der Waals surface area contributed by atoms with Gasteiger partial charge in [-0.15, -0.1) is 0 Å². The third-order valence-corrected chi connectivity index (χ3v) is 5.03. The van der Waals surface area contributed by atoms with Crippen molar-refractivity contribution < 1.29 is 9.59 Å². The van der Waals surface area contributed by atoms with Gasteiger partial charge in [-0.05, 0) is 24.3 Å². The van der Waals surface area contributed by atoms with Gasteiger partial charge in [0.05, 0.1) is 0 Å². The van der Waals surface area contributed by atoms with Crippen LogP contribution in [-0.2, 0) is 11.3 Å². The predicted molar refractivity (Wildman–Crippen MR) is 98.8 cm³/mol. The van der Waals surface area contributed by atoms with Crippen molar-refractivity contribution in [1.29, 1.82) is 0 Å². The van der Waals surface area contributed by atoms with E-state index in [1.807, 2.05) is 13.1 Å². The number of nitrogens with one attached hydrogen (secondary N) is 1. The molecule has 3 amide bonds. The Morgan fingerprint density at radius 3 is 2.32 bits per heavy atom. The van der Waals surface area contributed by atoms with Crippen LogP contribution in [0.3, 0.4) is 0 Å². The lowest BCUT2D eigenvalue weighted by atomic mass is 9.84. The van der Waals surface area contributed by atoms with E-state index in [1.165, 1.54) is 5.56 Å². The summed E-state index contributed by atoms with van der Waals surface area (Å²) in [6.07, 6.45) is 0. The highest BCUT2D eigenvalue weighted by Crippen LogP contribution is 2.27. The largest absolute Gasteiger partial charge is 0.352 e. The van der Waals surface area contributed by atoms with Crippen LogP contribution >= 0.6 is 0 Å². The predicted octanol–water partition coefficient (Wildman–Crippen LogP) is 1.66. The summed E-state index contributed by atoms with van der Waals surface area (Å²) in [4.78, 5) is 27.8. The Labute approximate surface area is 150 Å². The smallest absolute Gasteiger partial charge is 0.312 e. The lowest BCUT2D eigenvalue weighted by molar-refractivity contribution is -0.137. The lowest BCUT2D eigenvalue weighted by Gasteiger charge is -2.46. The van der Waals surface area contributed by atoms with Gasteiger partial charge in [0.2, 0.25) is 5.91 Å². The van der Waals surface area contributed by atoms with Crippen LogP contribution in [0, 0.1) is 11.8 Å². The Morgan fingerprint density at radius 2 is 1.80 bits per heavy atom. The van der Waals surface area contributed by atoms with Crippen molar-refractivity contribution in [2.75, 3.05) is 20.1 Å². The maximum atomic E-state index is 12.6. The van der Waals surface area contributed by atoms with Crippen molar-refractivity contribution in [1.82, 2.24) is 15.1 Å². The molecule has 1 saturated heterocycles. The zero-order chi connectivity index (χ0) is 18.6. The average Bonchev–Trinajstić information content (AvgIpc) is 2.53. The van der Waals surface area contributed by atoms with Gasteiger partial charge in [-0.2, -0.15) is 0 Å². The summed E-state index contributed by atoms with van der Waals surface area (Å²) in [6, 6.07) is 9.32. The monoisotopic (exact) mass is 346 g/mol. The number of likely N-dealkylation sites (N-methyl/N-ethyl adjacent to an activating group) is 1. The maximum Gasteiger partial charge on any atom is 0.312 e. The standard InChI is InChI=1S/C19H30N4O2/c1-13-10-23(12-16-8-6-5-7-9-16)11-14(2)17(13)22(4)18(24)15(3)21-19(20)25/h5-9,13-15,17H,10-12H2,1-4H3,(H3,20,21,25)/t13-,14-,15+/m1/s1. The Morgan fingerprint density at radius 1 is 1.24 bits per heavy atom. The molecule has 0 aromatic heterocycles. The number of benzene rings is 1. The number of primary amides is 1. The fourth-order valence-electron chi connectivity index (χ4n) is 4.13. The molecule has 1 heterocycles. The van der Waals surface area contributed by atoms with Gasteiger partial charge in [-0.3, -0.25) is 9.69 Å². The van der Waals surface area contributed by atoms with Crippen molar-refractivity contribution in [2.45, 2.75) is 39.4 Å². The van der Waals surface area contributed by atoms with Crippen molar-refractivity contribution in [3.8, 4) is 0 Å². The van der Waals surface area contributed by atoms with Crippen LogP contribution in [0.4, 0.5) is 4.79 Å². The van der Waals surface area contributed by atoms with Crippen molar-refractivity contribution in [2.24, 2.45) is 17.6 Å². The highest BCUT2D eigenvalue weighted by molar-refractivity contribution is 5.86. The molecule has 2 rings (SSSR count). The van der Waals surface area contributed by atoms with Gasteiger partial charge >= 0.3 is 6.03 Å². The van der Waals surface area contributed by atoms with Crippen LogP contribution < -0.4 is 11.1 Å². The van der Waals surface area contributed by atoms with E-state index in [1.54, 1.807) is 11.8 Å². The second kappa shape index (κ2) is 8.34. The quantitative estimate of drug-likeness (QED) is 0.851. The Balaban J connectivity index is 1.99. The van der Waals surface area contributed by atoms with Crippen molar-refractivity contribution in [3.05, 3.63) is 35.9 Å². The first kappa shape index (κ1) is 19.2. The maximum absolute atomic E-state index is 12.6. The van der Waals surface area contributed by atoms with Gasteiger partial charge < -0.3 is 16.0 Å². The molecular formula is C19H30N4O2. The molecule has 6 nitrogen and oxygen atoms in total. The summed E-state index contributed by atoms with van der Waals surface area (Å²) in [6.45, 7) is 8.86. The minimum atomic E-state index is -0.673. The number of likely N-dealkylation sites (tertiary alicyclic amines) is 1. The molecule has 0 saturated carbocycles. The number of amides is 3. The van der Waals surface area contributed by atoms with E-state index in [4.69, 9.17) is 5.73 Å². The number of nitrogens with two attached hydrogens (primary N) is 1. The van der Waals surface area contributed by atoms with Crippen LogP contribution in [0.1, 0.15) is 26.3 Å². The average molecular weight is 346 g/mol. The Kier molecular flexibility index (Phi) is 6.42. The van der Waals surface area contributed by atoms with Gasteiger partial charge in [0, 0.05) is 32.7 Å². The molecule has 0 unspecified atom stereocenters. The van der Waals surface area contributed by atoms with Crippen LogP contribution in [0.15, 0.2) is 30.3 Å². The molecule has 25 heavy (non-hydrogen) atoms. The van der Waals surface area contributed by atoms with Crippen molar-refractivity contribution >= 4 is 11.9 Å². The molecule has 1 aromatic carbocycles. The molecule has 6 heteroatoms. The highest BCUT2D eigenvalue weighted by atomic mass is 16.2. The summed E-state index contributed by atoms with van der Waals surface area (Å²) in [5.41, 5.74) is 6.44. The first-order valence-corrected chi connectivity index (χ1v) is 8.88.